The number of piperidine rings is 1. The van der Waals surface area contributed by atoms with Crippen molar-refractivity contribution in [2.75, 3.05) is 37.4 Å². The summed E-state index contributed by atoms with van der Waals surface area (Å²) in [4.78, 5) is 19.6. The minimum Gasteiger partial charge on any atom is -0.390 e. The number of aliphatic hydroxyl groups excluding tert-OH is 1. The quantitative estimate of drug-likeness (QED) is 0.351. The first-order valence-electron chi connectivity index (χ1n) is 11.9. The molecule has 10 heteroatoms. The molecular formula is C26H29N7O2S. The normalized spacial score (nSPS) is 18.1. The van der Waals surface area contributed by atoms with E-state index in [1.165, 1.54) is 22.9 Å². The molecule has 1 spiro atoms. The number of rotatable bonds is 5. The maximum Gasteiger partial charge on any atom is 0.221 e. The molecule has 1 fully saturated rings. The second-order valence-corrected chi connectivity index (χ2v) is 10.2. The van der Waals surface area contributed by atoms with Gasteiger partial charge in [0.2, 0.25) is 5.95 Å². The number of anilines is 2. The van der Waals surface area contributed by atoms with Crippen molar-refractivity contribution in [2.45, 2.75) is 42.0 Å². The van der Waals surface area contributed by atoms with Gasteiger partial charge in [-0.15, -0.1) is 0 Å². The van der Waals surface area contributed by atoms with Crippen LogP contribution in [0.25, 0.3) is 0 Å². The van der Waals surface area contributed by atoms with Crippen molar-refractivity contribution in [2.24, 2.45) is 11.1 Å². The number of aromatic nitrogens is 4. The van der Waals surface area contributed by atoms with E-state index in [0.29, 0.717) is 22.4 Å². The molecule has 1 atom stereocenters. The summed E-state index contributed by atoms with van der Waals surface area (Å²) in [6.45, 7) is 1.83. The van der Waals surface area contributed by atoms with E-state index in [0.717, 1.165) is 43.7 Å². The molecule has 9 nitrogen and oxygen atoms in total. The van der Waals surface area contributed by atoms with E-state index in [-0.39, 0.29) is 24.0 Å². The molecule has 5 rings (SSSR count). The van der Waals surface area contributed by atoms with Gasteiger partial charge in [0.1, 0.15) is 22.4 Å². The standard InChI is InChI=1S/C26H29N7O2S/c1-35-12-2-3-17-4-5-18-14-26(23(27)19(18)13-17)7-10-33(11-8-26)24-20(16-34)31-22(15-30-24)36-21-6-9-29-25(28)32-21/h4-6,9,13,15,23,34H,7-8,10-12,14,16,27H2,1H3,(H2,28,29,32)/t23-/m1/s1. The van der Waals surface area contributed by atoms with Crippen LogP contribution >= 0.6 is 11.8 Å². The van der Waals surface area contributed by atoms with Crippen molar-refractivity contribution in [1.29, 1.82) is 0 Å². The van der Waals surface area contributed by atoms with Crippen molar-refractivity contribution in [3.63, 3.8) is 0 Å². The van der Waals surface area contributed by atoms with Gasteiger partial charge in [-0.2, -0.15) is 0 Å². The summed E-state index contributed by atoms with van der Waals surface area (Å²) in [5.74, 6) is 7.10. The highest BCUT2D eigenvalue weighted by Gasteiger charge is 2.46. The molecule has 3 heterocycles. The van der Waals surface area contributed by atoms with Gasteiger partial charge in [-0.25, -0.2) is 19.9 Å². The summed E-state index contributed by atoms with van der Waals surface area (Å²) in [6, 6.07) is 8.12. The SMILES string of the molecule is COCC#Cc1ccc2c(c1)[C@@H](N)C1(CCN(c3ncc(Sc4ccnc(N)n4)nc3CO)CC1)C2. The highest BCUT2D eigenvalue weighted by Crippen LogP contribution is 2.51. The summed E-state index contributed by atoms with van der Waals surface area (Å²) < 4.78 is 5.03. The van der Waals surface area contributed by atoms with E-state index in [1.54, 1.807) is 25.6 Å². The second kappa shape index (κ2) is 10.4. The highest BCUT2D eigenvalue weighted by molar-refractivity contribution is 7.99. The smallest absolute Gasteiger partial charge is 0.221 e. The maximum atomic E-state index is 10.0. The van der Waals surface area contributed by atoms with Crippen LogP contribution in [0.2, 0.25) is 0 Å². The van der Waals surface area contributed by atoms with Gasteiger partial charge in [0, 0.05) is 38.0 Å². The average Bonchev–Trinajstić information content (AvgIpc) is 3.15. The molecule has 1 aliphatic heterocycles. The first-order chi connectivity index (χ1) is 17.5. The largest absolute Gasteiger partial charge is 0.390 e. The Balaban J connectivity index is 1.28. The number of hydrogen-bond acceptors (Lipinski definition) is 10. The Kier molecular flexibility index (Phi) is 7.07. The third-order valence-corrected chi connectivity index (χ3v) is 7.84. The zero-order chi connectivity index (χ0) is 25.1. The second-order valence-electron chi connectivity index (χ2n) is 9.14. The topological polar surface area (TPSA) is 136 Å². The Labute approximate surface area is 214 Å². The van der Waals surface area contributed by atoms with Crippen LogP contribution in [0.3, 0.4) is 0 Å². The molecule has 1 saturated heterocycles. The number of methoxy groups -OCH3 is 1. The van der Waals surface area contributed by atoms with E-state index in [2.05, 4.69) is 54.9 Å². The first kappa shape index (κ1) is 24.5. The molecule has 0 radical (unpaired) electrons. The molecule has 186 valence electrons. The lowest BCUT2D eigenvalue weighted by molar-refractivity contribution is 0.186. The van der Waals surface area contributed by atoms with Crippen LogP contribution in [-0.2, 0) is 17.8 Å². The van der Waals surface area contributed by atoms with Crippen molar-refractivity contribution in [1.82, 2.24) is 19.9 Å². The Morgan fingerprint density at radius 1 is 1.19 bits per heavy atom. The van der Waals surface area contributed by atoms with Crippen LogP contribution in [-0.4, -0.2) is 51.8 Å². The number of aliphatic hydroxyl groups is 1. The Morgan fingerprint density at radius 2 is 2.03 bits per heavy atom. The fourth-order valence-electron chi connectivity index (χ4n) is 5.15. The number of nitrogens with two attached hydrogens (primary N) is 2. The lowest BCUT2D eigenvalue weighted by Crippen LogP contribution is -2.45. The zero-order valence-corrected chi connectivity index (χ0v) is 21.0. The molecule has 0 unspecified atom stereocenters. The van der Waals surface area contributed by atoms with E-state index in [9.17, 15) is 5.11 Å². The zero-order valence-electron chi connectivity index (χ0n) is 20.1. The summed E-state index contributed by atoms with van der Waals surface area (Å²) in [5.41, 5.74) is 16.6. The maximum absolute atomic E-state index is 10.0. The summed E-state index contributed by atoms with van der Waals surface area (Å²) >= 11 is 1.33. The molecule has 1 aliphatic carbocycles. The number of nitrogens with zero attached hydrogens (tertiary/aromatic N) is 5. The predicted octanol–water partition coefficient (Wildman–Crippen LogP) is 2.33. The first-order valence-corrected chi connectivity index (χ1v) is 12.7. The van der Waals surface area contributed by atoms with Gasteiger partial charge in [0.05, 0.1) is 12.8 Å². The minimum atomic E-state index is -0.192. The van der Waals surface area contributed by atoms with Crippen LogP contribution in [0.1, 0.15) is 41.3 Å². The molecule has 36 heavy (non-hydrogen) atoms. The van der Waals surface area contributed by atoms with E-state index in [4.69, 9.17) is 16.2 Å². The Bertz CT molecular complexity index is 1320. The van der Waals surface area contributed by atoms with Crippen molar-refractivity contribution in [3.8, 4) is 11.8 Å². The number of benzene rings is 1. The van der Waals surface area contributed by atoms with Gasteiger partial charge < -0.3 is 26.2 Å². The summed E-state index contributed by atoms with van der Waals surface area (Å²) in [6.07, 6.45) is 6.17. The van der Waals surface area contributed by atoms with Gasteiger partial charge in [0.25, 0.3) is 0 Å². The number of fused-ring (bicyclic) bond motifs is 1. The molecule has 1 aromatic carbocycles. The molecule has 2 aromatic heterocycles. The van der Waals surface area contributed by atoms with Crippen LogP contribution in [0.4, 0.5) is 11.8 Å². The van der Waals surface area contributed by atoms with Gasteiger partial charge in [-0.3, -0.25) is 0 Å². The van der Waals surface area contributed by atoms with Crippen molar-refractivity contribution >= 4 is 23.5 Å². The number of ether oxygens (including phenoxy) is 1. The number of hydrogen-bond donors (Lipinski definition) is 3. The number of nitrogen functional groups attached to an aromatic ring is 1. The highest BCUT2D eigenvalue weighted by atomic mass is 32.2. The molecule has 5 N–H and O–H groups in total. The van der Waals surface area contributed by atoms with Gasteiger partial charge in [-0.1, -0.05) is 17.9 Å². The van der Waals surface area contributed by atoms with Crippen LogP contribution in [0, 0.1) is 17.3 Å². The fraction of sp³-hybridized carbons (Fsp3) is 0.385. The Morgan fingerprint density at radius 3 is 2.78 bits per heavy atom. The molecule has 2 aliphatic rings. The Hall–Kier alpha value is -3.23. The third kappa shape index (κ3) is 4.88. The van der Waals surface area contributed by atoms with Gasteiger partial charge >= 0.3 is 0 Å². The van der Waals surface area contributed by atoms with Gasteiger partial charge in [0.15, 0.2) is 5.82 Å². The molecule has 3 aromatic rings. The van der Waals surface area contributed by atoms with Crippen LogP contribution < -0.4 is 16.4 Å². The molecular weight excluding hydrogens is 474 g/mol. The third-order valence-electron chi connectivity index (χ3n) is 7.00. The van der Waals surface area contributed by atoms with Crippen LogP contribution in [0.15, 0.2) is 46.7 Å². The van der Waals surface area contributed by atoms with E-state index in [1.807, 2.05) is 0 Å². The average molecular weight is 504 g/mol. The summed E-state index contributed by atoms with van der Waals surface area (Å²) in [7, 11) is 1.64. The van der Waals surface area contributed by atoms with Crippen LogP contribution in [0.5, 0.6) is 0 Å². The minimum absolute atomic E-state index is 0.0208. The predicted molar refractivity (Wildman–Crippen MR) is 138 cm³/mol. The van der Waals surface area contributed by atoms with Crippen molar-refractivity contribution in [3.05, 3.63) is 59.0 Å². The van der Waals surface area contributed by atoms with Crippen molar-refractivity contribution < 1.29 is 9.84 Å². The molecule has 0 amide bonds. The van der Waals surface area contributed by atoms with Gasteiger partial charge in [-0.05, 0) is 65.8 Å². The van der Waals surface area contributed by atoms with E-state index < -0.39 is 0 Å². The molecule has 0 saturated carbocycles. The van der Waals surface area contributed by atoms with E-state index >= 15 is 0 Å². The fourth-order valence-corrected chi connectivity index (χ4v) is 5.89. The lowest BCUT2D eigenvalue weighted by atomic mass is 9.73. The monoisotopic (exact) mass is 503 g/mol. The molecule has 0 bridgehead atoms. The summed E-state index contributed by atoms with van der Waals surface area (Å²) in [5, 5.41) is 11.4. The lowest BCUT2D eigenvalue weighted by Gasteiger charge is -2.42.